The van der Waals surface area contributed by atoms with Crippen molar-refractivity contribution in [2.75, 3.05) is 0 Å². The number of unbranched alkanes of at least 4 members (excludes halogenated alkanes) is 2. The van der Waals surface area contributed by atoms with Crippen molar-refractivity contribution in [3.63, 3.8) is 0 Å². The molecule has 0 aromatic carbocycles. The molecule has 0 spiro atoms. The number of hydrogen-bond donors (Lipinski definition) is 0. The van der Waals surface area contributed by atoms with Crippen LogP contribution in [0.1, 0.15) is 39.5 Å². The average molecular weight is 152 g/mol. The van der Waals surface area contributed by atoms with Crippen molar-refractivity contribution in [1.82, 2.24) is 0 Å². The molecule has 0 fully saturated rings. The van der Waals surface area contributed by atoms with E-state index < -0.39 is 0 Å². The van der Waals surface area contributed by atoms with Gasteiger partial charge in [0.05, 0.1) is 0 Å². The van der Waals surface area contributed by atoms with E-state index in [1.54, 1.807) is 0 Å². The van der Waals surface area contributed by atoms with Crippen LogP contribution >= 0.6 is 0 Å². The van der Waals surface area contributed by atoms with Crippen molar-refractivity contribution >= 4 is 0 Å². The van der Waals surface area contributed by atoms with Crippen LogP contribution in [-0.2, 0) is 0 Å². The highest BCUT2D eigenvalue weighted by atomic mass is 13.9. The van der Waals surface area contributed by atoms with Crippen LogP contribution in [0.2, 0.25) is 0 Å². The number of rotatable bonds is 6. The van der Waals surface area contributed by atoms with E-state index in [0.29, 0.717) is 5.92 Å². The summed E-state index contributed by atoms with van der Waals surface area (Å²) < 4.78 is 0. The molecule has 0 aliphatic rings. The maximum absolute atomic E-state index is 3.74. The molecular weight excluding hydrogens is 132 g/mol. The lowest BCUT2D eigenvalue weighted by Crippen LogP contribution is -1.83. The fraction of sp³-hybridized carbons (Fsp3) is 0.636. The Morgan fingerprint density at radius 2 is 2.09 bits per heavy atom. The fourth-order valence-corrected chi connectivity index (χ4v) is 0.847. The molecule has 1 atom stereocenters. The molecule has 0 heterocycles. The first kappa shape index (κ1) is 10.5. The lowest BCUT2D eigenvalue weighted by Gasteiger charge is -1.98. The molecule has 1 unspecified atom stereocenters. The molecule has 0 aromatic heterocycles. The zero-order valence-corrected chi connectivity index (χ0v) is 7.84. The van der Waals surface area contributed by atoms with Gasteiger partial charge in [-0.1, -0.05) is 44.9 Å². The Bertz CT molecular complexity index is 111. The van der Waals surface area contributed by atoms with Crippen LogP contribution in [0.5, 0.6) is 0 Å². The zero-order valence-electron chi connectivity index (χ0n) is 7.84. The van der Waals surface area contributed by atoms with Crippen molar-refractivity contribution < 1.29 is 0 Å². The number of hydrogen-bond acceptors (Lipinski definition) is 0. The maximum atomic E-state index is 3.74. The van der Waals surface area contributed by atoms with Gasteiger partial charge in [0.1, 0.15) is 0 Å². The molecular formula is C11H20. The van der Waals surface area contributed by atoms with Gasteiger partial charge in [0, 0.05) is 0 Å². The van der Waals surface area contributed by atoms with Crippen molar-refractivity contribution in [2.45, 2.75) is 39.5 Å². The summed E-state index contributed by atoms with van der Waals surface area (Å²) in [6.07, 6.45) is 11.5. The van der Waals surface area contributed by atoms with Gasteiger partial charge in [-0.15, -0.1) is 6.58 Å². The van der Waals surface area contributed by atoms with E-state index in [1.807, 2.05) is 6.08 Å². The van der Waals surface area contributed by atoms with Crippen LogP contribution in [0.3, 0.4) is 0 Å². The Hall–Kier alpha value is -0.520. The first-order valence-electron chi connectivity index (χ1n) is 4.58. The smallest absolute Gasteiger partial charge is 0.0230 e. The summed E-state index contributed by atoms with van der Waals surface area (Å²) in [4.78, 5) is 0. The first-order chi connectivity index (χ1) is 5.31. The summed E-state index contributed by atoms with van der Waals surface area (Å²) in [5.41, 5.74) is 0. The molecule has 0 radical (unpaired) electrons. The predicted octanol–water partition coefficient (Wildman–Crippen LogP) is 3.95. The molecule has 0 aromatic rings. The highest BCUT2D eigenvalue weighted by Crippen LogP contribution is 2.04. The fourth-order valence-electron chi connectivity index (χ4n) is 0.847. The minimum Gasteiger partial charge on any atom is -0.103 e. The SMILES string of the molecule is C=CC(C)CC=CCCCC. The molecule has 0 heteroatoms. The van der Waals surface area contributed by atoms with Gasteiger partial charge in [-0.25, -0.2) is 0 Å². The van der Waals surface area contributed by atoms with Gasteiger partial charge in [-0.05, 0) is 18.8 Å². The van der Waals surface area contributed by atoms with Crippen LogP contribution in [0.25, 0.3) is 0 Å². The Kier molecular flexibility index (Phi) is 7.23. The molecule has 0 saturated carbocycles. The monoisotopic (exact) mass is 152 g/mol. The summed E-state index contributed by atoms with van der Waals surface area (Å²) in [6, 6.07) is 0. The molecule has 0 aliphatic heterocycles. The van der Waals surface area contributed by atoms with Crippen molar-refractivity contribution in [2.24, 2.45) is 5.92 Å². The van der Waals surface area contributed by atoms with Crippen LogP contribution in [0, 0.1) is 5.92 Å². The minimum atomic E-state index is 0.632. The van der Waals surface area contributed by atoms with Crippen LogP contribution in [-0.4, -0.2) is 0 Å². The quantitative estimate of drug-likeness (QED) is 0.399. The maximum Gasteiger partial charge on any atom is -0.0230 e. The predicted molar refractivity (Wildman–Crippen MR) is 52.6 cm³/mol. The van der Waals surface area contributed by atoms with Crippen LogP contribution in [0.15, 0.2) is 24.8 Å². The minimum absolute atomic E-state index is 0.632. The van der Waals surface area contributed by atoms with Gasteiger partial charge in [-0.3, -0.25) is 0 Å². The summed E-state index contributed by atoms with van der Waals surface area (Å²) in [5.74, 6) is 0.632. The van der Waals surface area contributed by atoms with E-state index >= 15 is 0 Å². The van der Waals surface area contributed by atoms with E-state index in [-0.39, 0.29) is 0 Å². The van der Waals surface area contributed by atoms with E-state index in [1.165, 1.54) is 19.3 Å². The highest BCUT2D eigenvalue weighted by molar-refractivity contribution is 4.87. The summed E-state index contributed by atoms with van der Waals surface area (Å²) >= 11 is 0. The summed E-state index contributed by atoms with van der Waals surface area (Å²) in [6.45, 7) is 8.16. The van der Waals surface area contributed by atoms with E-state index in [0.717, 1.165) is 6.42 Å². The molecule has 0 nitrogen and oxygen atoms in total. The normalized spacial score (nSPS) is 13.6. The second-order valence-corrected chi connectivity index (χ2v) is 3.06. The molecule has 11 heavy (non-hydrogen) atoms. The molecule has 0 saturated heterocycles. The third-order valence-corrected chi connectivity index (χ3v) is 1.80. The lowest BCUT2D eigenvalue weighted by atomic mass is 10.1. The Morgan fingerprint density at radius 3 is 2.64 bits per heavy atom. The van der Waals surface area contributed by atoms with E-state index in [2.05, 4.69) is 32.6 Å². The van der Waals surface area contributed by atoms with Crippen LogP contribution < -0.4 is 0 Å². The largest absolute Gasteiger partial charge is 0.103 e. The van der Waals surface area contributed by atoms with Gasteiger partial charge >= 0.3 is 0 Å². The average Bonchev–Trinajstić information content (AvgIpc) is 2.04. The zero-order chi connectivity index (χ0) is 8.53. The Balaban J connectivity index is 3.21. The molecule has 0 aliphatic carbocycles. The molecule has 0 amide bonds. The standard InChI is InChI=1S/C11H20/c1-4-6-7-8-9-10-11(3)5-2/h5,8-9,11H,2,4,6-7,10H2,1,3H3. The van der Waals surface area contributed by atoms with E-state index in [4.69, 9.17) is 0 Å². The lowest BCUT2D eigenvalue weighted by molar-refractivity contribution is 0.739. The third-order valence-electron chi connectivity index (χ3n) is 1.80. The van der Waals surface area contributed by atoms with Gasteiger partial charge < -0.3 is 0 Å². The van der Waals surface area contributed by atoms with E-state index in [9.17, 15) is 0 Å². The highest BCUT2D eigenvalue weighted by Gasteiger charge is 1.89. The summed E-state index contributed by atoms with van der Waals surface area (Å²) in [5, 5.41) is 0. The van der Waals surface area contributed by atoms with Crippen LogP contribution in [0.4, 0.5) is 0 Å². The second kappa shape index (κ2) is 7.59. The van der Waals surface area contributed by atoms with Crippen molar-refractivity contribution in [1.29, 1.82) is 0 Å². The van der Waals surface area contributed by atoms with Gasteiger partial charge in [-0.2, -0.15) is 0 Å². The molecule has 64 valence electrons. The molecule has 0 bridgehead atoms. The molecule has 0 rings (SSSR count). The van der Waals surface area contributed by atoms with Gasteiger partial charge in [0.15, 0.2) is 0 Å². The Labute approximate surface area is 71.0 Å². The van der Waals surface area contributed by atoms with Gasteiger partial charge in [0.25, 0.3) is 0 Å². The number of allylic oxidation sites excluding steroid dienone is 3. The third kappa shape index (κ3) is 7.38. The van der Waals surface area contributed by atoms with Gasteiger partial charge in [0.2, 0.25) is 0 Å². The first-order valence-corrected chi connectivity index (χ1v) is 4.58. The summed E-state index contributed by atoms with van der Waals surface area (Å²) in [7, 11) is 0. The second-order valence-electron chi connectivity index (χ2n) is 3.06. The van der Waals surface area contributed by atoms with Crippen molar-refractivity contribution in [3.05, 3.63) is 24.8 Å². The Morgan fingerprint density at radius 1 is 1.36 bits per heavy atom. The van der Waals surface area contributed by atoms with Crippen molar-refractivity contribution in [3.8, 4) is 0 Å². The topological polar surface area (TPSA) is 0 Å². The molecule has 0 N–H and O–H groups in total.